The van der Waals surface area contributed by atoms with Gasteiger partial charge in [0.05, 0.1) is 11.2 Å². The predicted molar refractivity (Wildman–Crippen MR) is 179 cm³/mol. The molecule has 234 valence electrons. The first-order valence-electron chi connectivity index (χ1n) is 14.6. The van der Waals surface area contributed by atoms with Crippen LogP contribution >= 0.6 is 11.6 Å². The maximum Gasteiger partial charge on any atom is 0.270 e. The van der Waals surface area contributed by atoms with Crippen LogP contribution < -0.4 is 10.6 Å². The van der Waals surface area contributed by atoms with Crippen molar-refractivity contribution in [3.05, 3.63) is 123 Å². The number of carbonyl (C=O) groups is 2. The molecule has 2 amide bonds. The van der Waals surface area contributed by atoms with E-state index in [0.29, 0.717) is 22.0 Å². The number of rotatable bonds is 10. The Morgan fingerprint density at radius 1 is 1.04 bits per heavy atom. The van der Waals surface area contributed by atoms with Crippen molar-refractivity contribution in [2.24, 2.45) is 12.2 Å². The Kier molecular flexibility index (Phi) is 9.27. The number of aromatic amines is 1. The highest BCUT2D eigenvalue weighted by atomic mass is 35.5. The third-order valence-electron chi connectivity index (χ3n) is 7.91. The van der Waals surface area contributed by atoms with Crippen LogP contribution in [0.5, 0.6) is 0 Å². The first-order valence-corrected chi connectivity index (χ1v) is 15.0. The van der Waals surface area contributed by atoms with Crippen LogP contribution in [0.1, 0.15) is 46.9 Å². The van der Waals surface area contributed by atoms with Gasteiger partial charge in [0.2, 0.25) is 5.91 Å². The summed E-state index contributed by atoms with van der Waals surface area (Å²) in [5.41, 5.74) is 16.3. The molecule has 0 bridgehead atoms. The van der Waals surface area contributed by atoms with Gasteiger partial charge in [0.1, 0.15) is 11.7 Å². The van der Waals surface area contributed by atoms with Crippen molar-refractivity contribution in [2.75, 3.05) is 5.32 Å². The number of hydrogen-bond acceptors (Lipinski definition) is 5. The second kappa shape index (κ2) is 13.3. The van der Waals surface area contributed by atoms with Crippen LogP contribution in [0.25, 0.3) is 32.7 Å². The van der Waals surface area contributed by atoms with E-state index < -0.39 is 23.4 Å². The van der Waals surface area contributed by atoms with Crippen LogP contribution in [0.15, 0.2) is 84.1 Å². The third-order valence-corrected chi connectivity index (χ3v) is 8.28. The van der Waals surface area contributed by atoms with Gasteiger partial charge in [0.25, 0.3) is 5.91 Å². The lowest BCUT2D eigenvalue weighted by atomic mass is 9.91. The standard InChI is InChI=1S/C34H34ClN9O2/c1-20-31(21(2)41-40-20)22-9-12-27(13-10-22)38-32(45)29(39-33(46)30-15-16-37-44(30)5)19-25-17-24(11-14-28(25)35)23-7-6-8-26(18-23)34(3,4)42-43-36/h6-18,29H,19H2,1-5H3,(H,38,45)(H,39,46)(H,40,41)/t29-/m0/s1. The van der Waals surface area contributed by atoms with Crippen molar-refractivity contribution in [1.82, 2.24) is 25.3 Å². The van der Waals surface area contributed by atoms with Gasteiger partial charge in [0, 0.05) is 46.5 Å². The molecule has 3 aromatic carbocycles. The molecular weight excluding hydrogens is 602 g/mol. The highest BCUT2D eigenvalue weighted by Crippen LogP contribution is 2.32. The number of anilines is 1. The molecule has 1 atom stereocenters. The minimum Gasteiger partial charge on any atom is -0.339 e. The third kappa shape index (κ3) is 6.96. The lowest BCUT2D eigenvalue weighted by Crippen LogP contribution is -2.45. The number of halogens is 1. The fraction of sp³-hybridized carbons (Fsp3) is 0.235. The summed E-state index contributed by atoms with van der Waals surface area (Å²) in [6.45, 7) is 7.59. The zero-order valence-electron chi connectivity index (χ0n) is 26.2. The molecule has 0 aliphatic rings. The normalized spacial score (nSPS) is 11.9. The van der Waals surface area contributed by atoms with Crippen LogP contribution in [0.4, 0.5) is 5.69 Å². The average molecular weight is 636 g/mol. The molecule has 0 spiro atoms. The zero-order chi connectivity index (χ0) is 33.0. The van der Waals surface area contributed by atoms with Crippen molar-refractivity contribution in [1.29, 1.82) is 0 Å². The van der Waals surface area contributed by atoms with Gasteiger partial charge in [-0.25, -0.2) is 0 Å². The van der Waals surface area contributed by atoms with E-state index in [1.807, 2.05) is 88.4 Å². The molecule has 0 saturated carbocycles. The summed E-state index contributed by atoms with van der Waals surface area (Å²) in [5.74, 6) is -0.847. The molecule has 5 rings (SSSR count). The van der Waals surface area contributed by atoms with E-state index in [0.717, 1.165) is 39.2 Å². The summed E-state index contributed by atoms with van der Waals surface area (Å²) < 4.78 is 1.45. The lowest BCUT2D eigenvalue weighted by molar-refractivity contribution is -0.118. The minimum atomic E-state index is -0.969. The number of benzene rings is 3. The number of nitrogens with zero attached hydrogens (tertiary/aromatic N) is 6. The molecule has 0 radical (unpaired) electrons. The van der Waals surface area contributed by atoms with Crippen LogP contribution in [0.2, 0.25) is 5.02 Å². The van der Waals surface area contributed by atoms with Crippen molar-refractivity contribution in [3.63, 3.8) is 0 Å². The van der Waals surface area contributed by atoms with Gasteiger partial charge in [-0.3, -0.25) is 19.4 Å². The summed E-state index contributed by atoms with van der Waals surface area (Å²) in [6, 6.07) is 21.4. The molecule has 5 aromatic rings. The average Bonchev–Trinajstić information content (AvgIpc) is 3.62. The number of aromatic nitrogens is 4. The molecule has 3 N–H and O–H groups in total. The second-order valence-electron chi connectivity index (χ2n) is 11.6. The highest BCUT2D eigenvalue weighted by Gasteiger charge is 2.25. The van der Waals surface area contributed by atoms with E-state index >= 15 is 0 Å². The van der Waals surface area contributed by atoms with Gasteiger partial charge in [-0.15, -0.1) is 0 Å². The van der Waals surface area contributed by atoms with Gasteiger partial charge in [0.15, 0.2) is 0 Å². The monoisotopic (exact) mass is 635 g/mol. The summed E-state index contributed by atoms with van der Waals surface area (Å²) in [5, 5.41) is 21.6. The Morgan fingerprint density at radius 2 is 1.76 bits per heavy atom. The van der Waals surface area contributed by atoms with Crippen molar-refractivity contribution in [2.45, 2.75) is 45.7 Å². The number of carbonyl (C=O) groups excluding carboxylic acids is 2. The summed E-state index contributed by atoms with van der Waals surface area (Å²) in [7, 11) is 1.66. The van der Waals surface area contributed by atoms with Gasteiger partial charge in [-0.2, -0.15) is 10.2 Å². The molecule has 2 heterocycles. The van der Waals surface area contributed by atoms with Crippen molar-refractivity contribution in [3.8, 4) is 22.3 Å². The topological polar surface area (TPSA) is 153 Å². The van der Waals surface area contributed by atoms with E-state index in [1.54, 1.807) is 19.2 Å². The molecular formula is C34H34ClN9O2. The number of amides is 2. The SMILES string of the molecule is Cc1n[nH]c(C)c1-c1ccc(NC(=O)[C@H](Cc2cc(-c3cccc(C(C)(C)N=[N+]=[N-])c3)ccc2Cl)NC(=O)c2ccnn2C)cc1. The predicted octanol–water partition coefficient (Wildman–Crippen LogP) is 7.27. The zero-order valence-corrected chi connectivity index (χ0v) is 26.9. The molecule has 11 nitrogen and oxygen atoms in total. The summed E-state index contributed by atoms with van der Waals surface area (Å²) >= 11 is 6.67. The molecule has 2 aromatic heterocycles. The van der Waals surface area contributed by atoms with Crippen LogP contribution in [-0.2, 0) is 23.8 Å². The molecule has 0 aliphatic carbocycles. The van der Waals surface area contributed by atoms with Crippen molar-refractivity contribution >= 4 is 29.1 Å². The number of H-pyrrole nitrogens is 1. The molecule has 0 saturated heterocycles. The van der Waals surface area contributed by atoms with Gasteiger partial charge < -0.3 is 10.6 Å². The van der Waals surface area contributed by atoms with Crippen LogP contribution in [-0.4, -0.2) is 37.8 Å². The smallest absolute Gasteiger partial charge is 0.270 e. The number of azide groups is 1. The second-order valence-corrected chi connectivity index (χ2v) is 12.0. The van der Waals surface area contributed by atoms with Gasteiger partial charge >= 0.3 is 0 Å². The van der Waals surface area contributed by atoms with E-state index in [1.165, 1.54) is 10.9 Å². The Labute approximate surface area is 271 Å². The molecule has 12 heteroatoms. The fourth-order valence-electron chi connectivity index (χ4n) is 5.34. The van der Waals surface area contributed by atoms with Gasteiger partial charge in [-0.05, 0) is 77.5 Å². The first kappa shape index (κ1) is 32.0. The quantitative estimate of drug-likeness (QED) is 0.0838. The Balaban J connectivity index is 1.43. The maximum atomic E-state index is 13.8. The van der Waals surface area contributed by atoms with Gasteiger partial charge in [-0.1, -0.05) is 73.0 Å². The van der Waals surface area contributed by atoms with E-state index in [2.05, 4.69) is 36.0 Å². The van der Waals surface area contributed by atoms with E-state index in [9.17, 15) is 9.59 Å². The molecule has 0 aliphatic heterocycles. The van der Waals surface area contributed by atoms with E-state index in [4.69, 9.17) is 17.1 Å². The lowest BCUT2D eigenvalue weighted by Gasteiger charge is -2.21. The minimum absolute atomic E-state index is 0.123. The number of hydrogen-bond donors (Lipinski definition) is 3. The number of aryl methyl sites for hydroxylation is 3. The highest BCUT2D eigenvalue weighted by molar-refractivity contribution is 6.31. The first-order chi connectivity index (χ1) is 22.0. The Morgan fingerprint density at radius 3 is 2.41 bits per heavy atom. The Bertz CT molecular complexity index is 1930. The molecule has 0 unspecified atom stereocenters. The number of nitrogens with one attached hydrogen (secondary N) is 3. The Hall–Kier alpha value is -5.38. The van der Waals surface area contributed by atoms with E-state index in [-0.39, 0.29) is 6.42 Å². The fourth-order valence-corrected chi connectivity index (χ4v) is 5.54. The van der Waals surface area contributed by atoms with Crippen LogP contribution in [0.3, 0.4) is 0 Å². The summed E-state index contributed by atoms with van der Waals surface area (Å²) in [4.78, 5) is 30.0. The molecule has 0 fully saturated rings. The maximum absolute atomic E-state index is 13.8. The summed E-state index contributed by atoms with van der Waals surface area (Å²) in [6.07, 6.45) is 1.64. The van der Waals surface area contributed by atoms with Crippen LogP contribution in [0, 0.1) is 13.8 Å². The molecule has 46 heavy (non-hydrogen) atoms. The largest absolute Gasteiger partial charge is 0.339 e. The van der Waals surface area contributed by atoms with Crippen molar-refractivity contribution < 1.29 is 9.59 Å².